The molecule has 4 aliphatic rings. The van der Waals surface area contributed by atoms with Crippen molar-refractivity contribution in [2.24, 2.45) is 0 Å². The Labute approximate surface area is 196 Å². The minimum absolute atomic E-state index is 0.00332. The summed E-state index contributed by atoms with van der Waals surface area (Å²) in [5.41, 5.74) is 2.44. The lowest BCUT2D eigenvalue weighted by Gasteiger charge is -2.36. The van der Waals surface area contributed by atoms with Gasteiger partial charge in [0.15, 0.2) is 6.17 Å². The van der Waals surface area contributed by atoms with Gasteiger partial charge in [0.2, 0.25) is 0 Å². The Hall–Kier alpha value is -2.98. The van der Waals surface area contributed by atoms with Crippen molar-refractivity contribution >= 4 is 5.91 Å². The van der Waals surface area contributed by atoms with Crippen LogP contribution in [0.2, 0.25) is 0 Å². The van der Waals surface area contributed by atoms with E-state index in [2.05, 4.69) is 38.3 Å². The molecule has 7 nitrogen and oxygen atoms in total. The molecule has 2 unspecified atom stereocenters. The first-order valence-corrected chi connectivity index (χ1v) is 11.7. The summed E-state index contributed by atoms with van der Waals surface area (Å²) in [5, 5.41) is 13.4. The van der Waals surface area contributed by atoms with E-state index in [1.54, 1.807) is 0 Å². The third-order valence-corrected chi connectivity index (χ3v) is 6.73. The molecule has 4 heterocycles. The number of nitrogens with zero attached hydrogens (tertiary/aromatic N) is 2. The summed E-state index contributed by atoms with van der Waals surface area (Å²) >= 11 is 0. The minimum atomic E-state index is -4.32. The molecule has 4 aliphatic heterocycles. The van der Waals surface area contributed by atoms with E-state index in [9.17, 15) is 18.0 Å². The van der Waals surface area contributed by atoms with Crippen LogP contribution in [0.5, 0.6) is 0 Å². The molecule has 1 amide bonds. The summed E-state index contributed by atoms with van der Waals surface area (Å²) in [7, 11) is 0. The van der Waals surface area contributed by atoms with E-state index in [0.717, 1.165) is 48.7 Å². The largest absolute Gasteiger partial charge is 0.416 e. The second kappa shape index (κ2) is 9.34. The fourth-order valence-corrected chi connectivity index (χ4v) is 4.76. The molecule has 4 N–H and O–H groups in total. The van der Waals surface area contributed by atoms with Gasteiger partial charge in [-0.25, -0.2) is 0 Å². The number of dihydropyridines is 1. The molecule has 1 fully saturated rings. The molecule has 0 radical (unpaired) electrons. The van der Waals surface area contributed by atoms with Crippen LogP contribution >= 0.6 is 0 Å². The number of alkyl halides is 3. The second-order valence-corrected chi connectivity index (χ2v) is 9.02. The maximum Gasteiger partial charge on any atom is 0.416 e. The zero-order chi connectivity index (χ0) is 23.7. The van der Waals surface area contributed by atoms with Gasteiger partial charge in [0.25, 0.3) is 5.91 Å². The fourth-order valence-electron chi connectivity index (χ4n) is 4.76. The summed E-state index contributed by atoms with van der Waals surface area (Å²) in [6.07, 6.45) is 2.53. The number of amides is 1. The quantitative estimate of drug-likeness (QED) is 0.496. The molecule has 1 saturated heterocycles. The highest BCUT2D eigenvalue weighted by molar-refractivity contribution is 5.83. The predicted molar refractivity (Wildman–Crippen MR) is 122 cm³/mol. The van der Waals surface area contributed by atoms with Gasteiger partial charge in [-0.1, -0.05) is 24.3 Å². The Bertz CT molecular complexity index is 1010. The van der Waals surface area contributed by atoms with E-state index < -0.39 is 17.9 Å². The van der Waals surface area contributed by atoms with E-state index >= 15 is 0 Å². The van der Waals surface area contributed by atoms with Crippen molar-refractivity contribution in [1.29, 1.82) is 0 Å². The summed E-state index contributed by atoms with van der Waals surface area (Å²) in [6.45, 7) is 4.93. The van der Waals surface area contributed by atoms with Crippen LogP contribution in [0.3, 0.4) is 0 Å². The molecule has 1 aromatic carbocycles. The molecule has 182 valence electrons. The maximum atomic E-state index is 13.1. The monoisotopic (exact) mass is 474 g/mol. The number of benzene rings is 1. The molecule has 10 heteroatoms. The Balaban J connectivity index is 1.10. The Kier molecular flexibility index (Phi) is 6.26. The average molecular weight is 475 g/mol. The molecule has 1 aromatic rings. The van der Waals surface area contributed by atoms with Crippen molar-refractivity contribution < 1.29 is 18.0 Å². The molecule has 0 bridgehead atoms. The number of nitrogens with one attached hydrogen (secondary N) is 4. The first kappa shape index (κ1) is 22.8. The summed E-state index contributed by atoms with van der Waals surface area (Å²) < 4.78 is 38.3. The molecule has 0 aliphatic carbocycles. The minimum Gasteiger partial charge on any atom is -0.360 e. The molecule has 0 saturated carbocycles. The number of carbonyl (C=O) groups excluding carboxylic acids is 1. The fraction of sp³-hybridized carbons (Fsp3) is 0.458. The standard InChI is InChI=1S/C24H29F3N6O/c25-24(26,27)18-3-1-16(2-4-18)15-32-11-13-33(14-12-32)23(34)22-30-20-6-5-19(29-21(20)31-22)17-7-9-28-10-8-17/h1-7,19,22,28-31H,8-15H2. The first-order chi connectivity index (χ1) is 16.4. The summed E-state index contributed by atoms with van der Waals surface area (Å²) in [4.78, 5) is 17.1. The molecule has 34 heavy (non-hydrogen) atoms. The highest BCUT2D eigenvalue weighted by Crippen LogP contribution is 2.29. The molecular weight excluding hydrogens is 445 g/mol. The van der Waals surface area contributed by atoms with Gasteiger partial charge in [-0.15, -0.1) is 0 Å². The first-order valence-electron chi connectivity index (χ1n) is 11.7. The smallest absolute Gasteiger partial charge is 0.360 e. The highest BCUT2D eigenvalue weighted by atomic mass is 19.4. The van der Waals surface area contributed by atoms with Crippen molar-refractivity contribution in [3.8, 4) is 0 Å². The van der Waals surface area contributed by atoms with Crippen molar-refractivity contribution in [3.05, 3.63) is 70.7 Å². The lowest BCUT2D eigenvalue weighted by atomic mass is 9.99. The number of hydrogen-bond acceptors (Lipinski definition) is 6. The van der Waals surface area contributed by atoms with Crippen LogP contribution in [0.4, 0.5) is 13.2 Å². The Morgan fingerprint density at radius 1 is 1.03 bits per heavy atom. The predicted octanol–water partition coefficient (Wildman–Crippen LogP) is 1.49. The van der Waals surface area contributed by atoms with Crippen molar-refractivity contribution in [2.45, 2.75) is 31.3 Å². The number of rotatable bonds is 4. The van der Waals surface area contributed by atoms with Gasteiger partial charge in [-0.3, -0.25) is 9.69 Å². The van der Waals surface area contributed by atoms with Crippen LogP contribution in [0.1, 0.15) is 17.5 Å². The number of halogens is 3. The van der Waals surface area contributed by atoms with Crippen LogP contribution < -0.4 is 21.3 Å². The lowest BCUT2D eigenvalue weighted by molar-refractivity contribution is -0.137. The third-order valence-electron chi connectivity index (χ3n) is 6.73. The highest BCUT2D eigenvalue weighted by Gasteiger charge is 2.34. The summed E-state index contributed by atoms with van der Waals surface area (Å²) in [6, 6.07) is 5.43. The van der Waals surface area contributed by atoms with Crippen molar-refractivity contribution in [2.75, 3.05) is 39.3 Å². The van der Waals surface area contributed by atoms with Gasteiger partial charge >= 0.3 is 6.18 Å². The Morgan fingerprint density at radius 2 is 1.79 bits per heavy atom. The number of allylic oxidation sites excluding steroid dienone is 1. The third kappa shape index (κ3) is 4.92. The topological polar surface area (TPSA) is 71.7 Å². The number of hydrogen-bond donors (Lipinski definition) is 4. The lowest BCUT2D eigenvalue weighted by Crippen LogP contribution is -2.56. The van der Waals surface area contributed by atoms with Crippen molar-refractivity contribution in [3.63, 3.8) is 0 Å². The maximum absolute atomic E-state index is 13.1. The SMILES string of the molecule is O=C(C1NC2=C(NC(C3=CCNCC3)C=C2)N1)N1CCN(Cc2ccc(C(F)(F)F)cc2)CC1. The van der Waals surface area contributed by atoms with E-state index in [4.69, 9.17) is 0 Å². The number of piperazine rings is 1. The van der Waals surface area contributed by atoms with Gasteiger partial charge in [-0.05, 0) is 42.3 Å². The average Bonchev–Trinajstić information content (AvgIpc) is 3.28. The van der Waals surface area contributed by atoms with Gasteiger partial charge < -0.3 is 26.2 Å². The summed E-state index contributed by atoms with van der Waals surface area (Å²) in [5.74, 6) is 0.850. The molecule has 5 rings (SSSR count). The van der Waals surface area contributed by atoms with E-state index in [0.29, 0.717) is 32.7 Å². The van der Waals surface area contributed by atoms with Crippen LogP contribution in [0, 0.1) is 0 Å². The molecular formula is C24H29F3N6O. The molecule has 0 aromatic heterocycles. The van der Waals surface area contributed by atoms with Gasteiger partial charge in [-0.2, -0.15) is 13.2 Å². The van der Waals surface area contributed by atoms with Gasteiger partial charge in [0.05, 0.1) is 17.3 Å². The van der Waals surface area contributed by atoms with Crippen LogP contribution in [-0.4, -0.2) is 67.2 Å². The molecule has 2 atom stereocenters. The Morgan fingerprint density at radius 3 is 2.47 bits per heavy atom. The van der Waals surface area contributed by atoms with Crippen LogP contribution in [0.25, 0.3) is 0 Å². The number of carbonyl (C=O) groups is 1. The zero-order valence-electron chi connectivity index (χ0n) is 18.8. The van der Waals surface area contributed by atoms with E-state index in [1.807, 2.05) is 11.0 Å². The van der Waals surface area contributed by atoms with E-state index in [-0.39, 0.29) is 11.9 Å². The zero-order valence-corrected chi connectivity index (χ0v) is 18.8. The van der Waals surface area contributed by atoms with Crippen LogP contribution in [-0.2, 0) is 17.5 Å². The normalized spacial score (nSPS) is 25.3. The molecule has 0 spiro atoms. The van der Waals surface area contributed by atoms with Gasteiger partial charge in [0, 0.05) is 39.3 Å². The van der Waals surface area contributed by atoms with Gasteiger partial charge in [0.1, 0.15) is 5.82 Å². The van der Waals surface area contributed by atoms with Crippen molar-refractivity contribution in [1.82, 2.24) is 31.1 Å². The van der Waals surface area contributed by atoms with Crippen LogP contribution in [0.15, 0.2) is 59.6 Å². The second-order valence-electron chi connectivity index (χ2n) is 9.02. The van der Waals surface area contributed by atoms with E-state index in [1.165, 1.54) is 17.7 Å².